The smallest absolute Gasteiger partial charge is 0.343 e. The molecule has 0 aromatic carbocycles. The molecular weight excluding hydrogens is 212 g/mol. The summed E-state index contributed by atoms with van der Waals surface area (Å²) in [6.45, 7) is 0. The number of aromatic hydroxyl groups is 1. The lowest BCUT2D eigenvalue weighted by Crippen LogP contribution is -2.16. The number of hydrogen-bond donors (Lipinski definition) is 2. The third-order valence-electron chi connectivity index (χ3n) is 1.73. The van der Waals surface area contributed by atoms with Crippen LogP contribution in [0.4, 0.5) is 8.78 Å². The van der Waals surface area contributed by atoms with Gasteiger partial charge in [-0.2, -0.15) is 0 Å². The molecule has 0 radical (unpaired) electrons. The van der Waals surface area contributed by atoms with Crippen LogP contribution in [0, 0.1) is 0 Å². The number of carbonyl (C=O) groups excluding carboxylic acids is 1. The number of alkyl halides is 2. The summed E-state index contributed by atoms with van der Waals surface area (Å²) < 4.78 is 28.8. The summed E-state index contributed by atoms with van der Waals surface area (Å²) in [6, 6.07) is 0. The molecule has 0 saturated carbocycles. The molecule has 0 bridgehead atoms. The van der Waals surface area contributed by atoms with Gasteiger partial charge in [0.2, 0.25) is 0 Å². The minimum absolute atomic E-state index is 0.507. The maximum Gasteiger partial charge on any atom is 0.343 e. The molecule has 5 nitrogen and oxygen atoms in total. The molecular formula is C8H7F2NO4. The minimum atomic E-state index is -3.17. The van der Waals surface area contributed by atoms with E-state index in [1.807, 2.05) is 4.98 Å². The highest BCUT2D eigenvalue weighted by Gasteiger charge is 2.23. The lowest BCUT2D eigenvalue weighted by atomic mass is 10.2. The number of H-pyrrole nitrogens is 1. The van der Waals surface area contributed by atoms with Crippen LogP contribution in [0.5, 0.6) is 5.75 Å². The van der Waals surface area contributed by atoms with Crippen molar-refractivity contribution in [3.05, 3.63) is 27.7 Å². The van der Waals surface area contributed by atoms with Crippen LogP contribution in [0.15, 0.2) is 11.0 Å². The monoisotopic (exact) mass is 219 g/mol. The standard InChI is InChI=1S/C8H7F2NO4/c1-15-8(14)3-2-11-7(13)4(5(3)12)6(9)10/h2,6H,1H3,(H2,11,12,13). The molecule has 1 heterocycles. The van der Waals surface area contributed by atoms with Gasteiger partial charge in [-0.25, -0.2) is 13.6 Å². The number of esters is 1. The molecule has 0 spiro atoms. The van der Waals surface area contributed by atoms with Crippen molar-refractivity contribution >= 4 is 5.97 Å². The maximum absolute atomic E-state index is 12.3. The van der Waals surface area contributed by atoms with Crippen LogP contribution >= 0.6 is 0 Å². The third-order valence-corrected chi connectivity index (χ3v) is 1.73. The minimum Gasteiger partial charge on any atom is -0.506 e. The molecule has 0 fully saturated rings. The highest BCUT2D eigenvalue weighted by Crippen LogP contribution is 2.27. The highest BCUT2D eigenvalue weighted by molar-refractivity contribution is 5.92. The summed E-state index contributed by atoms with van der Waals surface area (Å²) in [5.74, 6) is -2.06. The normalized spacial score (nSPS) is 10.4. The average Bonchev–Trinajstić information content (AvgIpc) is 2.16. The Balaban J connectivity index is 3.41. The van der Waals surface area contributed by atoms with Gasteiger partial charge in [0.05, 0.1) is 7.11 Å². The first kappa shape index (κ1) is 11.2. The number of aromatic nitrogens is 1. The third kappa shape index (κ3) is 1.95. The predicted molar refractivity (Wildman–Crippen MR) is 45.0 cm³/mol. The number of nitrogens with one attached hydrogen (secondary N) is 1. The second-order valence-corrected chi connectivity index (χ2v) is 2.59. The Kier molecular flexibility index (Phi) is 3.03. The Morgan fingerprint density at radius 3 is 2.67 bits per heavy atom. The van der Waals surface area contributed by atoms with E-state index in [0.29, 0.717) is 0 Å². The molecule has 0 amide bonds. The number of methoxy groups -OCH3 is 1. The van der Waals surface area contributed by atoms with E-state index in [4.69, 9.17) is 0 Å². The first-order chi connectivity index (χ1) is 6.99. The van der Waals surface area contributed by atoms with Crippen molar-refractivity contribution in [2.24, 2.45) is 0 Å². The van der Waals surface area contributed by atoms with E-state index in [-0.39, 0.29) is 0 Å². The zero-order valence-electron chi connectivity index (χ0n) is 7.58. The number of halogens is 2. The van der Waals surface area contributed by atoms with Crippen molar-refractivity contribution in [2.75, 3.05) is 7.11 Å². The zero-order valence-corrected chi connectivity index (χ0v) is 7.58. The molecule has 1 aromatic rings. The predicted octanol–water partition coefficient (Wildman–Crippen LogP) is 0.805. The van der Waals surface area contributed by atoms with Crippen molar-refractivity contribution in [1.82, 2.24) is 4.98 Å². The number of pyridine rings is 1. The number of ether oxygens (including phenoxy) is 1. The van der Waals surface area contributed by atoms with Gasteiger partial charge in [-0.05, 0) is 0 Å². The van der Waals surface area contributed by atoms with Crippen LogP contribution < -0.4 is 5.56 Å². The van der Waals surface area contributed by atoms with Crippen LogP contribution in [0.25, 0.3) is 0 Å². The van der Waals surface area contributed by atoms with E-state index in [1.54, 1.807) is 0 Å². The van der Waals surface area contributed by atoms with Crippen LogP contribution in [0.3, 0.4) is 0 Å². The Hall–Kier alpha value is -1.92. The Labute approximate surface area is 82.3 Å². The van der Waals surface area contributed by atoms with E-state index in [0.717, 1.165) is 13.3 Å². The molecule has 1 aromatic heterocycles. The van der Waals surface area contributed by atoms with Gasteiger partial charge in [0.15, 0.2) is 0 Å². The molecule has 82 valence electrons. The topological polar surface area (TPSA) is 79.4 Å². The second-order valence-electron chi connectivity index (χ2n) is 2.59. The Morgan fingerprint density at radius 2 is 2.20 bits per heavy atom. The quantitative estimate of drug-likeness (QED) is 0.721. The van der Waals surface area contributed by atoms with E-state index in [2.05, 4.69) is 4.74 Å². The van der Waals surface area contributed by atoms with Gasteiger partial charge in [-0.15, -0.1) is 0 Å². The van der Waals surface area contributed by atoms with E-state index >= 15 is 0 Å². The van der Waals surface area contributed by atoms with Gasteiger partial charge < -0.3 is 14.8 Å². The molecule has 0 aliphatic carbocycles. The summed E-state index contributed by atoms with van der Waals surface area (Å²) in [7, 11) is 1.02. The summed E-state index contributed by atoms with van der Waals surface area (Å²) in [5, 5.41) is 9.24. The summed E-state index contributed by atoms with van der Waals surface area (Å²) >= 11 is 0. The number of hydrogen-bond acceptors (Lipinski definition) is 4. The second kappa shape index (κ2) is 4.07. The van der Waals surface area contributed by atoms with Crippen LogP contribution in [-0.4, -0.2) is 23.2 Å². The number of aromatic amines is 1. The average molecular weight is 219 g/mol. The van der Waals surface area contributed by atoms with Crippen molar-refractivity contribution in [2.45, 2.75) is 6.43 Å². The number of carbonyl (C=O) groups is 1. The first-order valence-corrected chi connectivity index (χ1v) is 3.80. The molecule has 0 atom stereocenters. The summed E-state index contributed by atoms with van der Waals surface area (Å²) in [4.78, 5) is 23.8. The molecule has 0 aliphatic heterocycles. The molecule has 2 N–H and O–H groups in total. The first-order valence-electron chi connectivity index (χ1n) is 3.80. The summed E-state index contributed by atoms with van der Waals surface area (Å²) in [5.41, 5.74) is -2.79. The van der Waals surface area contributed by atoms with Gasteiger partial charge in [0, 0.05) is 6.20 Å². The molecule has 0 aliphatic rings. The van der Waals surface area contributed by atoms with Crippen molar-refractivity contribution in [3.63, 3.8) is 0 Å². The maximum atomic E-state index is 12.3. The Morgan fingerprint density at radius 1 is 1.60 bits per heavy atom. The Bertz CT molecular complexity index is 441. The van der Waals surface area contributed by atoms with Crippen LogP contribution in [0.2, 0.25) is 0 Å². The molecule has 0 saturated heterocycles. The number of rotatable bonds is 2. The fraction of sp³-hybridized carbons (Fsp3) is 0.250. The van der Waals surface area contributed by atoms with Crippen LogP contribution in [-0.2, 0) is 4.74 Å². The van der Waals surface area contributed by atoms with E-state index in [9.17, 15) is 23.5 Å². The highest BCUT2D eigenvalue weighted by atomic mass is 19.3. The van der Waals surface area contributed by atoms with Gasteiger partial charge in [-0.1, -0.05) is 0 Å². The molecule has 15 heavy (non-hydrogen) atoms. The lowest BCUT2D eigenvalue weighted by molar-refractivity contribution is 0.0595. The largest absolute Gasteiger partial charge is 0.506 e. The van der Waals surface area contributed by atoms with Gasteiger partial charge in [-0.3, -0.25) is 4.79 Å². The fourth-order valence-corrected chi connectivity index (χ4v) is 1.00. The lowest BCUT2D eigenvalue weighted by Gasteiger charge is -2.06. The molecule has 0 unspecified atom stereocenters. The van der Waals surface area contributed by atoms with Crippen molar-refractivity contribution < 1.29 is 23.4 Å². The van der Waals surface area contributed by atoms with E-state index in [1.165, 1.54) is 0 Å². The van der Waals surface area contributed by atoms with Gasteiger partial charge in [0.25, 0.3) is 12.0 Å². The fourth-order valence-electron chi connectivity index (χ4n) is 1.00. The van der Waals surface area contributed by atoms with Gasteiger partial charge in [0.1, 0.15) is 16.9 Å². The molecule has 7 heteroatoms. The van der Waals surface area contributed by atoms with Crippen molar-refractivity contribution in [1.29, 1.82) is 0 Å². The van der Waals surface area contributed by atoms with Crippen LogP contribution in [0.1, 0.15) is 22.3 Å². The van der Waals surface area contributed by atoms with E-state index < -0.39 is 34.8 Å². The summed E-state index contributed by atoms with van der Waals surface area (Å²) in [6.07, 6.45) is -2.35. The van der Waals surface area contributed by atoms with Crippen molar-refractivity contribution in [3.8, 4) is 5.75 Å². The molecule has 1 rings (SSSR count). The zero-order chi connectivity index (χ0) is 11.6. The SMILES string of the molecule is COC(=O)c1c[nH]c(=O)c(C(F)F)c1O. The van der Waals surface area contributed by atoms with Gasteiger partial charge >= 0.3 is 5.97 Å².